The molecule has 0 aliphatic heterocycles. The molecule has 0 aliphatic carbocycles. The molecule has 0 radical (unpaired) electrons. The van der Waals surface area contributed by atoms with Gasteiger partial charge in [-0.2, -0.15) is 0 Å². The number of aliphatic hydroxyl groups is 1. The van der Waals surface area contributed by atoms with Crippen LogP contribution in [0.1, 0.15) is 40.5 Å². The smallest absolute Gasteiger partial charge is 0.0453 e. The van der Waals surface area contributed by atoms with E-state index in [4.69, 9.17) is 10.8 Å². The first-order valence-electron chi connectivity index (χ1n) is 4.85. The highest BCUT2D eigenvalue weighted by atomic mass is 16.3. The molecule has 76 valence electrons. The Balaban J connectivity index is 0. The van der Waals surface area contributed by atoms with Gasteiger partial charge in [-0.3, -0.25) is 0 Å². The van der Waals surface area contributed by atoms with E-state index < -0.39 is 0 Å². The van der Waals surface area contributed by atoms with Crippen molar-refractivity contribution in [3.8, 4) is 0 Å². The zero-order chi connectivity index (χ0) is 9.98. The summed E-state index contributed by atoms with van der Waals surface area (Å²) in [6.45, 7) is 9.53. The number of nitrogens with two attached hydrogens (primary N) is 1. The molecular formula is C10H25NO. The van der Waals surface area contributed by atoms with Gasteiger partial charge in [-0.25, -0.2) is 0 Å². The molecule has 0 amide bonds. The first kappa shape index (κ1) is 14.4. The van der Waals surface area contributed by atoms with E-state index in [1.807, 2.05) is 13.8 Å². The van der Waals surface area contributed by atoms with Crippen LogP contribution >= 0.6 is 0 Å². The van der Waals surface area contributed by atoms with Crippen LogP contribution in [0.15, 0.2) is 0 Å². The van der Waals surface area contributed by atoms with Gasteiger partial charge in [-0.1, -0.05) is 27.7 Å². The first-order chi connectivity index (χ1) is 5.54. The molecule has 0 rings (SSSR count). The number of hydrogen-bond donors (Lipinski definition) is 2. The zero-order valence-electron chi connectivity index (χ0n) is 9.01. The quantitative estimate of drug-likeness (QED) is 0.686. The van der Waals surface area contributed by atoms with Gasteiger partial charge in [-0.15, -0.1) is 0 Å². The van der Waals surface area contributed by atoms with Crippen LogP contribution in [0.4, 0.5) is 0 Å². The fourth-order valence-corrected chi connectivity index (χ4v) is 0.526. The summed E-state index contributed by atoms with van der Waals surface area (Å²) in [4.78, 5) is 0. The molecule has 0 fully saturated rings. The van der Waals surface area contributed by atoms with E-state index in [9.17, 15) is 0 Å². The van der Waals surface area contributed by atoms with E-state index in [1.165, 1.54) is 12.8 Å². The van der Waals surface area contributed by atoms with Crippen molar-refractivity contribution in [2.75, 3.05) is 13.2 Å². The molecule has 0 aromatic heterocycles. The van der Waals surface area contributed by atoms with E-state index in [1.54, 1.807) is 0 Å². The van der Waals surface area contributed by atoms with Crippen LogP contribution in [0, 0.1) is 11.8 Å². The second-order valence-corrected chi connectivity index (χ2v) is 3.90. The maximum Gasteiger partial charge on any atom is 0.0453 e. The van der Waals surface area contributed by atoms with Crippen molar-refractivity contribution < 1.29 is 5.11 Å². The van der Waals surface area contributed by atoms with Crippen LogP contribution < -0.4 is 5.73 Å². The third kappa shape index (κ3) is 22.5. The topological polar surface area (TPSA) is 46.2 Å². The zero-order valence-corrected chi connectivity index (χ0v) is 9.01. The summed E-state index contributed by atoms with van der Waals surface area (Å²) >= 11 is 0. The highest BCUT2D eigenvalue weighted by molar-refractivity contribution is 4.44. The monoisotopic (exact) mass is 175 g/mol. The van der Waals surface area contributed by atoms with E-state index in [0.717, 1.165) is 12.5 Å². The molecule has 0 spiro atoms. The third-order valence-corrected chi connectivity index (χ3v) is 1.35. The highest BCUT2D eigenvalue weighted by Crippen LogP contribution is 2.00. The maximum absolute atomic E-state index is 8.14. The minimum Gasteiger partial charge on any atom is -0.396 e. The van der Waals surface area contributed by atoms with Crippen molar-refractivity contribution in [3.63, 3.8) is 0 Å². The van der Waals surface area contributed by atoms with Crippen molar-refractivity contribution >= 4 is 0 Å². The van der Waals surface area contributed by atoms with E-state index in [2.05, 4.69) is 13.8 Å². The second kappa shape index (κ2) is 10.9. The second-order valence-electron chi connectivity index (χ2n) is 3.90. The molecule has 0 aliphatic rings. The lowest BCUT2D eigenvalue weighted by molar-refractivity contribution is 0.248. The van der Waals surface area contributed by atoms with Gasteiger partial charge >= 0.3 is 0 Å². The lowest BCUT2D eigenvalue weighted by Crippen LogP contribution is -1.99. The summed E-state index contributed by atoms with van der Waals surface area (Å²) in [6.07, 6.45) is 2.45. The summed E-state index contributed by atoms with van der Waals surface area (Å²) in [6, 6.07) is 0. The Bertz CT molecular complexity index is 72.2. The lowest BCUT2D eigenvalue weighted by Gasteiger charge is -1.98. The first-order valence-corrected chi connectivity index (χ1v) is 4.85. The fraction of sp³-hybridized carbons (Fsp3) is 1.00. The Kier molecular flexibility index (Phi) is 13.1. The molecule has 0 unspecified atom stereocenters. The molecule has 0 saturated carbocycles. The van der Waals surface area contributed by atoms with E-state index >= 15 is 0 Å². The van der Waals surface area contributed by atoms with Crippen LogP contribution in [0.5, 0.6) is 0 Å². The minimum absolute atomic E-state index is 0.306. The van der Waals surface area contributed by atoms with Gasteiger partial charge in [0, 0.05) is 6.61 Å². The predicted octanol–water partition coefficient (Wildman–Crippen LogP) is 2.02. The molecule has 3 N–H and O–H groups in total. The standard InChI is InChI=1S/C6H15N.C4H10O/c1-6(2)4-3-5-7;1-4(2)3-5/h6H,3-5,7H2,1-2H3;4-5H,3H2,1-2H3. The van der Waals surface area contributed by atoms with Gasteiger partial charge in [0.2, 0.25) is 0 Å². The number of aliphatic hydroxyl groups excluding tert-OH is 1. The molecule has 2 heteroatoms. The normalized spacial score (nSPS) is 10.0. The Labute approximate surface area is 77.2 Å². The van der Waals surface area contributed by atoms with Gasteiger partial charge in [0.15, 0.2) is 0 Å². The highest BCUT2D eigenvalue weighted by Gasteiger charge is 1.88. The van der Waals surface area contributed by atoms with Gasteiger partial charge in [0.05, 0.1) is 0 Å². The molecular weight excluding hydrogens is 150 g/mol. The summed E-state index contributed by atoms with van der Waals surface area (Å²) in [5.74, 6) is 1.26. The van der Waals surface area contributed by atoms with Crippen molar-refractivity contribution in [3.05, 3.63) is 0 Å². The third-order valence-electron chi connectivity index (χ3n) is 1.35. The summed E-state index contributed by atoms with van der Waals surface area (Å²) in [5.41, 5.74) is 5.28. The van der Waals surface area contributed by atoms with Crippen molar-refractivity contribution in [2.24, 2.45) is 17.6 Å². The van der Waals surface area contributed by atoms with Crippen molar-refractivity contribution in [1.29, 1.82) is 0 Å². The van der Waals surface area contributed by atoms with Gasteiger partial charge in [0.1, 0.15) is 0 Å². The maximum atomic E-state index is 8.14. The van der Waals surface area contributed by atoms with Crippen molar-refractivity contribution in [1.82, 2.24) is 0 Å². The Morgan fingerprint density at radius 1 is 1.08 bits per heavy atom. The van der Waals surface area contributed by atoms with Gasteiger partial charge < -0.3 is 10.8 Å². The number of hydrogen-bond acceptors (Lipinski definition) is 2. The van der Waals surface area contributed by atoms with Crippen LogP contribution in [0.25, 0.3) is 0 Å². The Morgan fingerprint density at radius 3 is 1.58 bits per heavy atom. The molecule has 12 heavy (non-hydrogen) atoms. The molecule has 0 atom stereocenters. The molecule has 0 aromatic carbocycles. The largest absolute Gasteiger partial charge is 0.396 e. The minimum atomic E-state index is 0.306. The molecule has 0 heterocycles. The SMILES string of the molecule is CC(C)CCCN.CC(C)CO. The van der Waals surface area contributed by atoms with Crippen LogP contribution in [0.2, 0.25) is 0 Å². The molecule has 0 bridgehead atoms. The average molecular weight is 175 g/mol. The number of rotatable bonds is 4. The fourth-order valence-electron chi connectivity index (χ4n) is 0.526. The van der Waals surface area contributed by atoms with Crippen LogP contribution in [0.3, 0.4) is 0 Å². The summed E-state index contributed by atoms with van der Waals surface area (Å²) in [5, 5.41) is 8.14. The van der Waals surface area contributed by atoms with Crippen LogP contribution in [-0.4, -0.2) is 18.3 Å². The average Bonchev–Trinajstić information content (AvgIpc) is 2.02. The summed E-state index contributed by atoms with van der Waals surface area (Å²) in [7, 11) is 0. The van der Waals surface area contributed by atoms with Crippen LogP contribution in [-0.2, 0) is 0 Å². The molecule has 0 saturated heterocycles. The van der Waals surface area contributed by atoms with E-state index in [0.29, 0.717) is 12.5 Å². The van der Waals surface area contributed by atoms with Gasteiger partial charge in [0.25, 0.3) is 0 Å². The Hall–Kier alpha value is -0.0800. The summed E-state index contributed by atoms with van der Waals surface area (Å²) < 4.78 is 0. The van der Waals surface area contributed by atoms with Crippen molar-refractivity contribution in [2.45, 2.75) is 40.5 Å². The lowest BCUT2D eigenvalue weighted by atomic mass is 10.1. The van der Waals surface area contributed by atoms with E-state index in [-0.39, 0.29) is 0 Å². The molecule has 0 aromatic rings. The molecule has 2 nitrogen and oxygen atoms in total. The predicted molar refractivity (Wildman–Crippen MR) is 55.1 cm³/mol. The Morgan fingerprint density at radius 2 is 1.50 bits per heavy atom. The van der Waals surface area contributed by atoms with Gasteiger partial charge in [-0.05, 0) is 31.2 Å².